The van der Waals surface area contributed by atoms with Crippen LogP contribution in [0.1, 0.15) is 16.1 Å². The number of amides is 1. The molecule has 1 aromatic carbocycles. The van der Waals surface area contributed by atoms with Crippen molar-refractivity contribution in [3.8, 4) is 0 Å². The van der Waals surface area contributed by atoms with E-state index in [0.717, 1.165) is 0 Å². The molecule has 1 aromatic heterocycles. The maximum Gasteiger partial charge on any atom is 0.296 e. The van der Waals surface area contributed by atoms with Crippen molar-refractivity contribution >= 4 is 27.5 Å². The van der Waals surface area contributed by atoms with Gasteiger partial charge in [-0.2, -0.15) is 13.5 Å². The van der Waals surface area contributed by atoms with Crippen molar-refractivity contribution in [3.05, 3.63) is 41.7 Å². The highest BCUT2D eigenvalue weighted by atomic mass is 32.2. The summed E-state index contributed by atoms with van der Waals surface area (Å²) in [5, 5.41) is 13.9. The molecule has 0 atom stereocenters. The van der Waals surface area contributed by atoms with E-state index in [9.17, 15) is 13.2 Å². The smallest absolute Gasteiger partial charge is 0.296 e. The van der Waals surface area contributed by atoms with E-state index < -0.39 is 10.2 Å². The van der Waals surface area contributed by atoms with Crippen LogP contribution in [-0.2, 0) is 10.2 Å². The zero-order valence-corrected chi connectivity index (χ0v) is 11.4. The Bertz CT molecular complexity index is 738. The molecule has 2 rings (SSSR count). The molecule has 0 radical (unpaired) electrons. The van der Waals surface area contributed by atoms with Crippen LogP contribution in [0.25, 0.3) is 0 Å². The summed E-state index contributed by atoms with van der Waals surface area (Å²) in [6.45, 7) is 1.72. The predicted octanol–water partition coefficient (Wildman–Crippen LogP) is 0.586. The van der Waals surface area contributed by atoms with Crippen LogP contribution in [0.4, 0.5) is 11.4 Å². The Morgan fingerprint density at radius 3 is 2.65 bits per heavy atom. The third-order valence-electron chi connectivity index (χ3n) is 2.46. The van der Waals surface area contributed by atoms with E-state index in [4.69, 9.17) is 5.14 Å². The molecule has 0 bridgehead atoms. The summed E-state index contributed by atoms with van der Waals surface area (Å²) in [6.07, 6.45) is 1.41. The van der Waals surface area contributed by atoms with Gasteiger partial charge >= 0.3 is 0 Å². The molecule has 1 amide bonds. The number of anilines is 2. The number of aromatic amines is 1. The maximum atomic E-state index is 12.0. The summed E-state index contributed by atoms with van der Waals surface area (Å²) < 4.78 is 24.0. The summed E-state index contributed by atoms with van der Waals surface area (Å²) in [5.74, 6) is -0.344. The van der Waals surface area contributed by atoms with Gasteiger partial charge in [0, 0.05) is 11.4 Å². The van der Waals surface area contributed by atoms with Crippen LogP contribution in [-0.4, -0.2) is 24.5 Å². The molecular formula is C11H13N5O3S. The monoisotopic (exact) mass is 295 g/mol. The minimum Gasteiger partial charge on any atom is -0.322 e. The normalized spacial score (nSPS) is 11.1. The molecule has 0 aliphatic heterocycles. The number of nitrogens with one attached hydrogen (secondary N) is 3. The van der Waals surface area contributed by atoms with E-state index >= 15 is 0 Å². The SMILES string of the molecule is Cc1[nH]ncc1C(=O)Nc1cccc(NS(N)(=O)=O)c1. The van der Waals surface area contributed by atoms with Crippen molar-refractivity contribution in [2.75, 3.05) is 10.0 Å². The highest BCUT2D eigenvalue weighted by Gasteiger charge is 2.11. The van der Waals surface area contributed by atoms with Gasteiger partial charge in [-0.25, -0.2) is 5.14 Å². The standard InChI is InChI=1S/C11H13N5O3S/c1-7-10(6-13-15-7)11(17)14-8-3-2-4-9(5-8)16-20(12,18)19/h2-6,16H,1H3,(H,13,15)(H,14,17)(H2,12,18,19). The maximum absolute atomic E-state index is 12.0. The van der Waals surface area contributed by atoms with Crippen LogP contribution >= 0.6 is 0 Å². The van der Waals surface area contributed by atoms with E-state index in [1.54, 1.807) is 19.1 Å². The number of aromatic nitrogens is 2. The molecule has 0 saturated carbocycles. The first-order chi connectivity index (χ1) is 9.35. The summed E-state index contributed by atoms with van der Waals surface area (Å²) >= 11 is 0. The van der Waals surface area contributed by atoms with Crippen LogP contribution in [0.15, 0.2) is 30.5 Å². The van der Waals surface area contributed by atoms with Gasteiger partial charge in [0.15, 0.2) is 0 Å². The van der Waals surface area contributed by atoms with Crippen molar-refractivity contribution in [1.29, 1.82) is 0 Å². The number of H-pyrrole nitrogens is 1. The zero-order valence-electron chi connectivity index (χ0n) is 10.5. The van der Waals surface area contributed by atoms with Gasteiger partial charge < -0.3 is 5.32 Å². The second-order valence-electron chi connectivity index (χ2n) is 4.09. The molecule has 0 saturated heterocycles. The topological polar surface area (TPSA) is 130 Å². The lowest BCUT2D eigenvalue weighted by Crippen LogP contribution is -2.21. The van der Waals surface area contributed by atoms with Crippen molar-refractivity contribution in [1.82, 2.24) is 10.2 Å². The molecule has 106 valence electrons. The third-order valence-corrected chi connectivity index (χ3v) is 2.98. The summed E-state index contributed by atoms with van der Waals surface area (Å²) in [6, 6.07) is 6.19. The number of carbonyl (C=O) groups is 1. The Hall–Kier alpha value is -2.39. The van der Waals surface area contributed by atoms with E-state index in [2.05, 4.69) is 20.2 Å². The first-order valence-electron chi connectivity index (χ1n) is 5.57. The molecule has 0 aliphatic carbocycles. The van der Waals surface area contributed by atoms with E-state index in [1.807, 2.05) is 0 Å². The average Bonchev–Trinajstić information content (AvgIpc) is 2.73. The van der Waals surface area contributed by atoms with Crippen LogP contribution in [0.2, 0.25) is 0 Å². The molecular weight excluding hydrogens is 282 g/mol. The van der Waals surface area contributed by atoms with Crippen LogP contribution < -0.4 is 15.2 Å². The fraction of sp³-hybridized carbons (Fsp3) is 0.0909. The lowest BCUT2D eigenvalue weighted by atomic mass is 10.2. The average molecular weight is 295 g/mol. The summed E-state index contributed by atoms with van der Waals surface area (Å²) in [4.78, 5) is 12.0. The quantitative estimate of drug-likeness (QED) is 0.657. The minimum absolute atomic E-state index is 0.259. The molecule has 0 spiro atoms. The number of nitrogens with zero attached hydrogens (tertiary/aromatic N) is 1. The van der Waals surface area contributed by atoms with E-state index in [-0.39, 0.29) is 11.6 Å². The Morgan fingerprint density at radius 1 is 1.35 bits per heavy atom. The number of aryl methyl sites for hydroxylation is 1. The molecule has 5 N–H and O–H groups in total. The number of hydrogen-bond donors (Lipinski definition) is 4. The summed E-state index contributed by atoms with van der Waals surface area (Å²) in [5.41, 5.74) is 1.74. The van der Waals surface area contributed by atoms with Crippen LogP contribution in [0, 0.1) is 6.92 Å². The molecule has 0 aliphatic rings. The Balaban J connectivity index is 2.16. The minimum atomic E-state index is -3.85. The van der Waals surface area contributed by atoms with Gasteiger partial charge in [0.1, 0.15) is 0 Å². The molecule has 20 heavy (non-hydrogen) atoms. The van der Waals surface area contributed by atoms with E-state index in [1.165, 1.54) is 18.3 Å². The second-order valence-corrected chi connectivity index (χ2v) is 5.38. The highest BCUT2D eigenvalue weighted by molar-refractivity contribution is 7.90. The Morgan fingerprint density at radius 2 is 2.05 bits per heavy atom. The Labute approximate surface area is 115 Å². The highest BCUT2D eigenvalue weighted by Crippen LogP contribution is 2.17. The third kappa shape index (κ3) is 3.56. The fourth-order valence-corrected chi connectivity index (χ4v) is 2.06. The van der Waals surface area contributed by atoms with Gasteiger partial charge in [-0.1, -0.05) is 6.07 Å². The lowest BCUT2D eigenvalue weighted by Gasteiger charge is -2.07. The van der Waals surface area contributed by atoms with E-state index in [0.29, 0.717) is 16.9 Å². The van der Waals surface area contributed by atoms with Gasteiger partial charge in [0.25, 0.3) is 16.1 Å². The largest absolute Gasteiger partial charge is 0.322 e. The van der Waals surface area contributed by atoms with Crippen molar-refractivity contribution < 1.29 is 13.2 Å². The van der Waals surface area contributed by atoms with Gasteiger partial charge in [0.2, 0.25) is 0 Å². The van der Waals surface area contributed by atoms with Crippen molar-refractivity contribution in [2.45, 2.75) is 6.92 Å². The first-order valence-corrected chi connectivity index (χ1v) is 7.12. The van der Waals surface area contributed by atoms with Gasteiger partial charge in [-0.15, -0.1) is 0 Å². The van der Waals surface area contributed by atoms with Crippen molar-refractivity contribution in [2.24, 2.45) is 5.14 Å². The molecule has 2 aromatic rings. The number of nitrogens with two attached hydrogens (primary N) is 1. The molecule has 9 heteroatoms. The lowest BCUT2D eigenvalue weighted by molar-refractivity contribution is 0.102. The zero-order chi connectivity index (χ0) is 14.8. The van der Waals surface area contributed by atoms with Gasteiger partial charge in [-0.3, -0.25) is 14.6 Å². The van der Waals surface area contributed by atoms with Crippen LogP contribution in [0.3, 0.4) is 0 Å². The molecule has 0 fully saturated rings. The number of carbonyl (C=O) groups excluding carboxylic acids is 1. The Kier molecular flexibility index (Phi) is 3.72. The second kappa shape index (κ2) is 5.31. The summed E-state index contributed by atoms with van der Waals surface area (Å²) in [7, 11) is -3.85. The number of hydrogen-bond acceptors (Lipinski definition) is 4. The van der Waals surface area contributed by atoms with Crippen LogP contribution in [0.5, 0.6) is 0 Å². The van der Waals surface area contributed by atoms with Gasteiger partial charge in [-0.05, 0) is 25.1 Å². The van der Waals surface area contributed by atoms with Gasteiger partial charge in [0.05, 0.1) is 17.4 Å². The number of benzene rings is 1. The number of rotatable bonds is 4. The fourth-order valence-electron chi connectivity index (χ4n) is 1.60. The van der Waals surface area contributed by atoms with Crippen molar-refractivity contribution in [3.63, 3.8) is 0 Å². The first kappa shape index (κ1) is 14.0. The predicted molar refractivity (Wildman–Crippen MR) is 74.4 cm³/mol. The molecule has 8 nitrogen and oxygen atoms in total. The molecule has 0 unspecified atom stereocenters. The molecule has 1 heterocycles.